The minimum atomic E-state index is -0.396. The summed E-state index contributed by atoms with van der Waals surface area (Å²) in [5.41, 5.74) is 5.87. The van der Waals surface area contributed by atoms with Crippen LogP contribution in [-0.4, -0.2) is 0 Å². The highest BCUT2D eigenvalue weighted by Gasteiger charge is 2.14. The molecule has 0 aliphatic rings. The van der Waals surface area contributed by atoms with Crippen LogP contribution in [0.2, 0.25) is 0 Å². The molecule has 1 atom stereocenters. The summed E-state index contributed by atoms with van der Waals surface area (Å²) in [4.78, 5) is 0. The molecule has 0 aliphatic heterocycles. The Bertz CT molecular complexity index is 691. The molecule has 2 nitrogen and oxygen atoms in total. The molecule has 0 saturated heterocycles. The number of nitrogens with one attached hydrogen (secondary N) is 1. The van der Waals surface area contributed by atoms with E-state index in [0.29, 0.717) is 11.3 Å². The van der Waals surface area contributed by atoms with Gasteiger partial charge < -0.3 is 5.32 Å². The fourth-order valence-corrected chi connectivity index (χ4v) is 2.91. The Balaban J connectivity index is 2.35. The van der Waals surface area contributed by atoms with E-state index < -0.39 is 5.82 Å². The van der Waals surface area contributed by atoms with Gasteiger partial charge in [-0.2, -0.15) is 5.26 Å². The third kappa shape index (κ3) is 3.22. The maximum Gasteiger partial charge on any atom is 0.124 e. The second-order valence-electron chi connectivity index (χ2n) is 5.48. The van der Waals surface area contributed by atoms with Gasteiger partial charge in [-0.05, 0) is 62.6 Å². The summed E-state index contributed by atoms with van der Waals surface area (Å²) in [7, 11) is 0. The monoisotopic (exact) mass is 282 g/mol. The van der Waals surface area contributed by atoms with E-state index in [1.807, 2.05) is 6.07 Å². The average Bonchev–Trinajstić information content (AvgIpc) is 2.39. The van der Waals surface area contributed by atoms with Crippen LogP contribution >= 0.6 is 0 Å². The molecule has 1 unspecified atom stereocenters. The normalized spacial score (nSPS) is 11.8. The number of aryl methyl sites for hydroxylation is 3. The molecule has 0 fully saturated rings. The largest absolute Gasteiger partial charge is 0.377 e. The molecule has 2 aromatic carbocycles. The summed E-state index contributed by atoms with van der Waals surface area (Å²) in [5, 5.41) is 12.4. The van der Waals surface area contributed by atoms with E-state index in [2.05, 4.69) is 45.1 Å². The van der Waals surface area contributed by atoms with Gasteiger partial charge in [0, 0.05) is 6.04 Å². The first-order valence-corrected chi connectivity index (χ1v) is 6.96. The van der Waals surface area contributed by atoms with Crippen molar-refractivity contribution in [1.29, 1.82) is 5.26 Å². The van der Waals surface area contributed by atoms with E-state index in [9.17, 15) is 4.39 Å². The van der Waals surface area contributed by atoms with Gasteiger partial charge in [-0.25, -0.2) is 4.39 Å². The van der Waals surface area contributed by atoms with E-state index >= 15 is 0 Å². The summed E-state index contributed by atoms with van der Waals surface area (Å²) in [5.74, 6) is -0.396. The molecule has 108 valence electrons. The number of benzene rings is 2. The topological polar surface area (TPSA) is 35.8 Å². The van der Waals surface area contributed by atoms with Gasteiger partial charge >= 0.3 is 0 Å². The van der Waals surface area contributed by atoms with Gasteiger partial charge in [0.1, 0.15) is 11.9 Å². The molecule has 0 amide bonds. The van der Waals surface area contributed by atoms with Crippen LogP contribution in [0.4, 0.5) is 10.1 Å². The van der Waals surface area contributed by atoms with Gasteiger partial charge in [-0.15, -0.1) is 0 Å². The van der Waals surface area contributed by atoms with Gasteiger partial charge in [0.25, 0.3) is 0 Å². The summed E-state index contributed by atoms with van der Waals surface area (Å²) in [6.07, 6.45) is 0. The van der Waals surface area contributed by atoms with Crippen molar-refractivity contribution in [3.63, 3.8) is 0 Å². The molecule has 1 N–H and O–H groups in total. The molecule has 0 bridgehead atoms. The van der Waals surface area contributed by atoms with Crippen LogP contribution in [0.5, 0.6) is 0 Å². The van der Waals surface area contributed by atoms with Gasteiger partial charge in [0.15, 0.2) is 0 Å². The Morgan fingerprint density at radius 3 is 2.29 bits per heavy atom. The number of rotatable bonds is 3. The van der Waals surface area contributed by atoms with E-state index in [-0.39, 0.29) is 6.04 Å². The number of halogens is 1. The third-order valence-electron chi connectivity index (χ3n) is 3.65. The Labute approximate surface area is 125 Å². The molecule has 0 aliphatic carbocycles. The Kier molecular flexibility index (Phi) is 4.28. The first kappa shape index (κ1) is 15.1. The Morgan fingerprint density at radius 1 is 1.10 bits per heavy atom. The maximum atomic E-state index is 13.2. The zero-order valence-electron chi connectivity index (χ0n) is 12.8. The van der Waals surface area contributed by atoms with Gasteiger partial charge in [-0.3, -0.25) is 0 Å². The zero-order valence-corrected chi connectivity index (χ0v) is 12.8. The van der Waals surface area contributed by atoms with Crippen molar-refractivity contribution in [2.45, 2.75) is 33.7 Å². The fourth-order valence-electron chi connectivity index (χ4n) is 2.91. The lowest BCUT2D eigenvalue weighted by atomic mass is 9.94. The van der Waals surface area contributed by atoms with Crippen molar-refractivity contribution < 1.29 is 4.39 Å². The van der Waals surface area contributed by atoms with E-state index in [1.165, 1.54) is 34.4 Å². The summed E-state index contributed by atoms with van der Waals surface area (Å²) >= 11 is 0. The molecular weight excluding hydrogens is 263 g/mol. The highest BCUT2D eigenvalue weighted by molar-refractivity contribution is 5.59. The van der Waals surface area contributed by atoms with Crippen molar-refractivity contribution in [1.82, 2.24) is 0 Å². The first-order valence-electron chi connectivity index (χ1n) is 6.96. The molecule has 2 aromatic rings. The maximum absolute atomic E-state index is 13.2. The molecule has 0 aromatic heterocycles. The summed E-state index contributed by atoms with van der Waals surface area (Å²) < 4.78 is 13.2. The van der Waals surface area contributed by atoms with E-state index in [0.717, 1.165) is 0 Å². The SMILES string of the molecule is Cc1cc(C)c(C(C)Nc2ccc(F)cc2C#N)c(C)c1. The number of nitrogens with zero attached hydrogens (tertiary/aromatic N) is 1. The molecule has 2 rings (SSSR count). The van der Waals surface area contributed by atoms with Crippen LogP contribution in [0, 0.1) is 37.9 Å². The van der Waals surface area contributed by atoms with Crippen LogP contribution in [0.1, 0.15) is 40.8 Å². The van der Waals surface area contributed by atoms with Crippen LogP contribution in [0.25, 0.3) is 0 Å². The number of nitriles is 1. The molecule has 0 spiro atoms. The van der Waals surface area contributed by atoms with Gasteiger partial charge in [0.2, 0.25) is 0 Å². The smallest absolute Gasteiger partial charge is 0.124 e. The second kappa shape index (κ2) is 5.97. The highest BCUT2D eigenvalue weighted by atomic mass is 19.1. The summed E-state index contributed by atoms with van der Waals surface area (Å²) in [6, 6.07) is 10.6. The first-order chi connectivity index (χ1) is 9.92. The van der Waals surface area contributed by atoms with E-state index in [4.69, 9.17) is 5.26 Å². The lowest BCUT2D eigenvalue weighted by Gasteiger charge is -2.21. The van der Waals surface area contributed by atoms with Crippen molar-refractivity contribution in [2.24, 2.45) is 0 Å². The van der Waals surface area contributed by atoms with Gasteiger partial charge in [0.05, 0.1) is 11.3 Å². The third-order valence-corrected chi connectivity index (χ3v) is 3.65. The van der Waals surface area contributed by atoms with Crippen molar-refractivity contribution in [3.8, 4) is 6.07 Å². The highest BCUT2D eigenvalue weighted by Crippen LogP contribution is 2.28. The van der Waals surface area contributed by atoms with Crippen molar-refractivity contribution >= 4 is 5.69 Å². The number of hydrogen-bond donors (Lipinski definition) is 1. The van der Waals surface area contributed by atoms with Crippen LogP contribution < -0.4 is 5.32 Å². The van der Waals surface area contributed by atoms with Gasteiger partial charge in [-0.1, -0.05) is 17.7 Å². The lowest BCUT2D eigenvalue weighted by molar-refractivity contribution is 0.627. The molecule has 3 heteroatoms. The Morgan fingerprint density at radius 2 is 1.71 bits per heavy atom. The second-order valence-corrected chi connectivity index (χ2v) is 5.48. The number of hydrogen-bond acceptors (Lipinski definition) is 2. The van der Waals surface area contributed by atoms with Crippen LogP contribution in [0.3, 0.4) is 0 Å². The predicted octanol–water partition coefficient (Wildman–Crippen LogP) is 4.80. The molecular formula is C18H19FN2. The molecule has 0 heterocycles. The van der Waals surface area contributed by atoms with Crippen molar-refractivity contribution in [3.05, 3.63) is 64.0 Å². The quantitative estimate of drug-likeness (QED) is 0.878. The number of anilines is 1. The summed E-state index contributed by atoms with van der Waals surface area (Å²) in [6.45, 7) is 8.30. The molecule has 0 saturated carbocycles. The van der Waals surface area contributed by atoms with Crippen LogP contribution in [-0.2, 0) is 0 Å². The van der Waals surface area contributed by atoms with Crippen molar-refractivity contribution in [2.75, 3.05) is 5.32 Å². The Hall–Kier alpha value is -2.34. The van der Waals surface area contributed by atoms with Crippen LogP contribution in [0.15, 0.2) is 30.3 Å². The molecule has 0 radical (unpaired) electrons. The molecule has 21 heavy (non-hydrogen) atoms. The standard InChI is InChI=1S/C18H19FN2/c1-11-7-12(2)18(13(3)8-11)14(4)21-17-6-5-16(19)9-15(17)10-20/h5-9,14,21H,1-4H3. The minimum Gasteiger partial charge on any atom is -0.377 e. The average molecular weight is 282 g/mol. The lowest BCUT2D eigenvalue weighted by Crippen LogP contribution is -2.11. The zero-order chi connectivity index (χ0) is 15.6. The minimum absolute atomic E-state index is 0.0446. The fraction of sp³-hybridized carbons (Fsp3) is 0.278. The van der Waals surface area contributed by atoms with E-state index in [1.54, 1.807) is 6.07 Å². The predicted molar refractivity (Wildman–Crippen MR) is 83.8 cm³/mol.